The number of carboxylic acid groups (broad SMARTS) is 2. The molecule has 0 bridgehead atoms. The Labute approximate surface area is 179 Å². The minimum absolute atomic E-state index is 0. The zero-order chi connectivity index (χ0) is 21.2. The van der Waals surface area contributed by atoms with E-state index in [9.17, 15) is 9.59 Å². The van der Waals surface area contributed by atoms with Crippen LogP contribution in [0.15, 0.2) is 0 Å². The second-order valence-corrected chi connectivity index (χ2v) is 5.03. The van der Waals surface area contributed by atoms with Gasteiger partial charge in [-0.3, -0.25) is 0 Å². The van der Waals surface area contributed by atoms with Crippen LogP contribution in [0, 0.1) is 0 Å². The zero-order valence-electron chi connectivity index (χ0n) is 13.9. The molecule has 174 valence electrons. The van der Waals surface area contributed by atoms with Crippen molar-refractivity contribution in [1.82, 2.24) is 0 Å². The number of aliphatic hydroxyl groups is 10. The molecule has 0 heterocycles. The van der Waals surface area contributed by atoms with Gasteiger partial charge in [0.25, 0.3) is 0 Å². The SMILES string of the molecule is O=C(O)[C@H](O)[C@@H](O)[C@H](O)[C@H](O)CO.O=C(O)[C@H](O)[C@@H](O)[C@H](O)[C@H](O)CO.[Cu].[Mn]. The van der Waals surface area contributed by atoms with Gasteiger partial charge in [-0.15, -0.1) is 0 Å². The summed E-state index contributed by atoms with van der Waals surface area (Å²) in [5.41, 5.74) is 0. The smallest absolute Gasteiger partial charge is 0.335 e. The average molecular weight is 511 g/mol. The van der Waals surface area contributed by atoms with Gasteiger partial charge >= 0.3 is 11.9 Å². The molecule has 12 N–H and O–H groups in total. The molecule has 0 saturated carbocycles. The molecule has 2 radical (unpaired) electrons. The third-order valence-electron chi connectivity index (χ3n) is 3.02. The van der Waals surface area contributed by atoms with Crippen LogP contribution < -0.4 is 0 Å². The fourth-order valence-corrected chi connectivity index (χ4v) is 1.34. The molecule has 0 aromatic rings. The number of aliphatic hydroxyl groups excluding tert-OH is 10. The minimum atomic E-state index is -2.20. The van der Waals surface area contributed by atoms with Gasteiger partial charge in [0.2, 0.25) is 0 Å². The molecule has 28 heavy (non-hydrogen) atoms. The molecule has 0 aliphatic rings. The van der Waals surface area contributed by atoms with E-state index in [4.69, 9.17) is 61.3 Å². The second-order valence-electron chi connectivity index (χ2n) is 5.03. The predicted octanol–water partition coefficient (Wildman–Crippen LogP) is -6.99. The van der Waals surface area contributed by atoms with Crippen molar-refractivity contribution in [2.24, 2.45) is 0 Å². The van der Waals surface area contributed by atoms with Gasteiger partial charge in [-0.25, -0.2) is 9.59 Å². The molecule has 0 aliphatic carbocycles. The number of rotatable bonds is 10. The molecule has 14 nitrogen and oxygen atoms in total. The van der Waals surface area contributed by atoms with Gasteiger partial charge in [0.1, 0.15) is 36.6 Å². The fraction of sp³-hybridized carbons (Fsp3) is 0.833. The maximum Gasteiger partial charge on any atom is 0.335 e. The summed E-state index contributed by atoms with van der Waals surface area (Å²) in [6.45, 7) is -1.69. The van der Waals surface area contributed by atoms with Crippen molar-refractivity contribution in [3.8, 4) is 0 Å². The van der Waals surface area contributed by atoms with Gasteiger partial charge in [-0.1, -0.05) is 0 Å². The molecule has 8 atom stereocenters. The Morgan fingerprint density at radius 2 is 0.786 bits per heavy atom. The maximum absolute atomic E-state index is 10.1. The second kappa shape index (κ2) is 17.4. The first-order valence-electron chi connectivity index (χ1n) is 6.95. The van der Waals surface area contributed by atoms with E-state index in [0.29, 0.717) is 0 Å². The van der Waals surface area contributed by atoms with Crippen LogP contribution in [0.25, 0.3) is 0 Å². The average Bonchev–Trinajstić information content (AvgIpc) is 2.62. The summed E-state index contributed by atoms with van der Waals surface area (Å²) in [7, 11) is 0. The molecule has 0 aromatic heterocycles. The largest absolute Gasteiger partial charge is 0.479 e. The summed E-state index contributed by atoms with van der Waals surface area (Å²) in [5.74, 6) is -3.45. The first kappa shape index (κ1) is 35.0. The standard InChI is InChI=1S/2C6H12O7.Cu.Mn/c2*7-1-2(8)3(9)4(10)5(11)6(12)13;;/h2*2-5,7-11H,1H2,(H,12,13);;/t2*2-,3-,4+,5-;;/m11../s1. The summed E-state index contributed by atoms with van der Waals surface area (Å²) in [6.07, 6.45) is -15.7. The van der Waals surface area contributed by atoms with E-state index in [1.165, 1.54) is 0 Å². The molecular weight excluding hydrogens is 487 g/mol. The van der Waals surface area contributed by atoms with E-state index in [-0.39, 0.29) is 34.1 Å². The van der Waals surface area contributed by atoms with E-state index in [0.717, 1.165) is 0 Å². The number of carbonyl (C=O) groups is 2. The van der Waals surface area contributed by atoms with Crippen LogP contribution in [0.4, 0.5) is 0 Å². The van der Waals surface area contributed by atoms with Crippen molar-refractivity contribution >= 4 is 11.9 Å². The topological polar surface area (TPSA) is 277 Å². The van der Waals surface area contributed by atoms with Crippen molar-refractivity contribution < 1.29 is 105 Å². The molecule has 0 amide bonds. The molecule has 0 fully saturated rings. The van der Waals surface area contributed by atoms with Crippen LogP contribution in [0.2, 0.25) is 0 Å². The van der Waals surface area contributed by atoms with Crippen LogP contribution in [-0.4, -0.2) is 135 Å². The Bertz CT molecular complexity index is 391. The van der Waals surface area contributed by atoms with Crippen LogP contribution in [-0.2, 0) is 43.7 Å². The van der Waals surface area contributed by atoms with Gasteiger partial charge in [0.05, 0.1) is 13.2 Å². The molecule has 0 aliphatic heterocycles. The Balaban J connectivity index is -0.000000192. The summed E-state index contributed by atoms with van der Waals surface area (Å²) >= 11 is 0. The van der Waals surface area contributed by atoms with Crippen LogP contribution in [0.3, 0.4) is 0 Å². The Morgan fingerprint density at radius 1 is 0.571 bits per heavy atom. The zero-order valence-corrected chi connectivity index (χ0v) is 16.0. The molecule has 0 spiro atoms. The van der Waals surface area contributed by atoms with Crippen LogP contribution in [0.1, 0.15) is 0 Å². The molecule has 0 unspecified atom stereocenters. The van der Waals surface area contributed by atoms with Crippen molar-refractivity contribution in [2.45, 2.75) is 48.8 Å². The Hall–Kier alpha value is -0.421. The monoisotopic (exact) mass is 510 g/mol. The van der Waals surface area contributed by atoms with Gasteiger partial charge < -0.3 is 61.3 Å². The van der Waals surface area contributed by atoms with E-state index < -0.39 is 74.0 Å². The first-order valence-corrected chi connectivity index (χ1v) is 6.95. The van der Waals surface area contributed by atoms with E-state index >= 15 is 0 Å². The van der Waals surface area contributed by atoms with E-state index in [1.807, 2.05) is 0 Å². The first-order chi connectivity index (χ1) is 11.8. The number of aliphatic carboxylic acids is 2. The number of hydrogen-bond donors (Lipinski definition) is 12. The molecule has 0 aromatic carbocycles. The van der Waals surface area contributed by atoms with Crippen LogP contribution >= 0.6 is 0 Å². The fourth-order valence-electron chi connectivity index (χ4n) is 1.34. The van der Waals surface area contributed by atoms with Gasteiger partial charge in [-0.05, 0) is 0 Å². The Morgan fingerprint density at radius 3 is 0.929 bits per heavy atom. The van der Waals surface area contributed by atoms with Gasteiger partial charge in [0.15, 0.2) is 12.2 Å². The molecule has 16 heteroatoms. The predicted molar refractivity (Wildman–Crippen MR) is 77.5 cm³/mol. The normalized spacial score (nSPS) is 18.9. The molecule has 0 rings (SSSR count). The van der Waals surface area contributed by atoms with Crippen molar-refractivity contribution in [3.63, 3.8) is 0 Å². The molecule has 0 saturated heterocycles. The summed E-state index contributed by atoms with van der Waals surface area (Å²) in [5, 5.41) is 104. The number of hydrogen-bond acceptors (Lipinski definition) is 12. The quantitative estimate of drug-likeness (QED) is 0.122. The van der Waals surface area contributed by atoms with Gasteiger partial charge in [-0.2, -0.15) is 0 Å². The van der Waals surface area contributed by atoms with Crippen LogP contribution in [0.5, 0.6) is 0 Å². The number of carboxylic acids is 2. The van der Waals surface area contributed by atoms with E-state index in [1.54, 1.807) is 0 Å². The van der Waals surface area contributed by atoms with Gasteiger partial charge in [0, 0.05) is 34.1 Å². The summed E-state index contributed by atoms with van der Waals surface area (Å²) in [4.78, 5) is 20.2. The van der Waals surface area contributed by atoms with Crippen molar-refractivity contribution in [2.75, 3.05) is 13.2 Å². The minimum Gasteiger partial charge on any atom is -0.479 e. The van der Waals surface area contributed by atoms with E-state index in [2.05, 4.69) is 0 Å². The summed E-state index contributed by atoms with van der Waals surface area (Å²) < 4.78 is 0. The van der Waals surface area contributed by atoms with Crippen molar-refractivity contribution in [1.29, 1.82) is 0 Å². The maximum atomic E-state index is 10.1. The third kappa shape index (κ3) is 12.2. The third-order valence-corrected chi connectivity index (χ3v) is 3.02. The van der Waals surface area contributed by atoms with Crippen molar-refractivity contribution in [3.05, 3.63) is 0 Å². The summed E-state index contributed by atoms with van der Waals surface area (Å²) in [6, 6.07) is 0. The molecular formula is C12H24CuMnO14. The Kier molecular flexibility index (Phi) is 21.8.